The van der Waals surface area contributed by atoms with Crippen molar-refractivity contribution in [1.29, 1.82) is 5.26 Å². The lowest BCUT2D eigenvalue weighted by Crippen LogP contribution is -2.13. The minimum atomic E-state index is -0.480. The van der Waals surface area contributed by atoms with Crippen molar-refractivity contribution < 1.29 is 5.11 Å². The van der Waals surface area contributed by atoms with Crippen LogP contribution in [-0.4, -0.2) is 5.11 Å². The van der Waals surface area contributed by atoms with E-state index in [1.54, 1.807) is 0 Å². The van der Waals surface area contributed by atoms with Crippen LogP contribution in [0.4, 0.5) is 0 Å². The summed E-state index contributed by atoms with van der Waals surface area (Å²) in [4.78, 5) is 0. The van der Waals surface area contributed by atoms with Gasteiger partial charge >= 0.3 is 0 Å². The van der Waals surface area contributed by atoms with Gasteiger partial charge in [-0.3, -0.25) is 0 Å². The second-order valence-electron chi connectivity index (χ2n) is 5.09. The third kappa shape index (κ3) is 3.72. The Morgan fingerprint density at radius 1 is 1.39 bits per heavy atom. The smallest absolute Gasteiger partial charge is 0.0790 e. The Morgan fingerprint density at radius 3 is 2.50 bits per heavy atom. The van der Waals surface area contributed by atoms with Crippen molar-refractivity contribution in [2.75, 3.05) is 0 Å². The average molecular weight is 243 g/mol. The van der Waals surface area contributed by atoms with E-state index in [4.69, 9.17) is 5.26 Å². The van der Waals surface area contributed by atoms with E-state index in [2.05, 4.69) is 12.6 Å². The summed E-state index contributed by atoms with van der Waals surface area (Å²) < 4.78 is 0. The minimum Gasteiger partial charge on any atom is -0.388 e. The molecule has 0 bridgehead atoms. The van der Waals surface area contributed by atoms with E-state index < -0.39 is 11.5 Å². The van der Waals surface area contributed by atoms with E-state index >= 15 is 0 Å². The van der Waals surface area contributed by atoms with Crippen LogP contribution in [0.5, 0.6) is 0 Å². The van der Waals surface area contributed by atoms with E-state index in [9.17, 15) is 5.11 Å². The summed E-state index contributed by atoms with van der Waals surface area (Å²) in [7, 11) is 0. The molecule has 0 amide bonds. The number of rotatable bonds is 6. The van der Waals surface area contributed by atoms with Gasteiger partial charge in [0.2, 0.25) is 0 Å². The molecule has 0 aromatic heterocycles. The normalized spacial score (nSPS) is 12.8. The molecule has 1 atom stereocenters. The number of nitrogens with zero attached hydrogens (tertiary/aromatic N) is 1. The number of hydrogen-bond donors (Lipinski definition) is 1. The van der Waals surface area contributed by atoms with Crippen LogP contribution >= 0.6 is 0 Å². The molecule has 1 aromatic rings. The van der Waals surface area contributed by atoms with Gasteiger partial charge < -0.3 is 5.11 Å². The van der Waals surface area contributed by atoms with Crippen LogP contribution in [0.25, 0.3) is 0 Å². The van der Waals surface area contributed by atoms with Crippen molar-refractivity contribution in [3.05, 3.63) is 48.0 Å². The Morgan fingerprint density at radius 2 is 2.00 bits per heavy atom. The summed E-state index contributed by atoms with van der Waals surface area (Å²) >= 11 is 0. The van der Waals surface area contributed by atoms with Gasteiger partial charge in [0.05, 0.1) is 17.6 Å². The average Bonchev–Trinajstić information content (AvgIpc) is 2.39. The van der Waals surface area contributed by atoms with E-state index in [-0.39, 0.29) is 0 Å². The Bertz CT molecular complexity index is 425. The van der Waals surface area contributed by atoms with Crippen LogP contribution in [-0.2, 0) is 5.41 Å². The van der Waals surface area contributed by atoms with Crippen molar-refractivity contribution in [3.63, 3.8) is 0 Å². The van der Waals surface area contributed by atoms with Crippen LogP contribution < -0.4 is 0 Å². The molecule has 1 rings (SSSR count). The zero-order chi connectivity index (χ0) is 13.6. The van der Waals surface area contributed by atoms with Crippen LogP contribution in [0.2, 0.25) is 0 Å². The summed E-state index contributed by atoms with van der Waals surface area (Å²) in [6.45, 7) is 7.45. The molecule has 1 N–H and O–H groups in total. The Labute approximate surface area is 110 Å². The van der Waals surface area contributed by atoms with Crippen LogP contribution in [0.1, 0.15) is 50.3 Å². The molecule has 0 spiro atoms. The molecule has 2 heteroatoms. The zero-order valence-electron chi connectivity index (χ0n) is 11.2. The topological polar surface area (TPSA) is 44.0 Å². The van der Waals surface area contributed by atoms with Crippen molar-refractivity contribution in [3.8, 4) is 6.07 Å². The fraction of sp³-hybridized carbons (Fsp3) is 0.438. The molecule has 1 unspecified atom stereocenters. The quantitative estimate of drug-likeness (QED) is 0.608. The lowest BCUT2D eigenvalue weighted by molar-refractivity contribution is 0.165. The highest BCUT2D eigenvalue weighted by molar-refractivity contribution is 5.33. The molecule has 2 nitrogen and oxygen atoms in total. The second-order valence-corrected chi connectivity index (χ2v) is 5.09. The van der Waals surface area contributed by atoms with Crippen LogP contribution in [0, 0.1) is 11.3 Å². The number of allylic oxidation sites excluding steroid dienone is 1. The number of hydrogen-bond acceptors (Lipinski definition) is 2. The molecule has 0 aliphatic rings. The molecule has 0 radical (unpaired) electrons. The monoisotopic (exact) mass is 243 g/mol. The second kappa shape index (κ2) is 6.37. The van der Waals surface area contributed by atoms with Gasteiger partial charge in [0.1, 0.15) is 0 Å². The molecule has 0 aliphatic heterocycles. The summed E-state index contributed by atoms with van der Waals surface area (Å²) in [5.74, 6) is 0. The molecule has 18 heavy (non-hydrogen) atoms. The molecule has 0 aliphatic carbocycles. The molecule has 0 saturated carbocycles. The summed E-state index contributed by atoms with van der Waals surface area (Å²) in [5.41, 5.74) is 1.41. The van der Waals surface area contributed by atoms with Gasteiger partial charge in [-0.05, 0) is 44.2 Å². The maximum Gasteiger partial charge on any atom is 0.0790 e. The zero-order valence-corrected chi connectivity index (χ0v) is 11.2. The van der Waals surface area contributed by atoms with E-state index in [0.717, 1.165) is 30.4 Å². The van der Waals surface area contributed by atoms with E-state index in [0.29, 0.717) is 0 Å². The van der Waals surface area contributed by atoms with Gasteiger partial charge in [0, 0.05) is 0 Å². The molecule has 0 fully saturated rings. The maximum absolute atomic E-state index is 10.00. The largest absolute Gasteiger partial charge is 0.388 e. The van der Waals surface area contributed by atoms with Gasteiger partial charge in [-0.1, -0.05) is 30.3 Å². The fourth-order valence-electron chi connectivity index (χ4n) is 1.81. The Hall–Kier alpha value is -1.59. The Kier molecular flexibility index (Phi) is 5.12. The van der Waals surface area contributed by atoms with Crippen LogP contribution in [0.15, 0.2) is 36.9 Å². The van der Waals surface area contributed by atoms with Crippen molar-refractivity contribution >= 4 is 0 Å². The molecule has 1 aromatic carbocycles. The molecule has 0 saturated heterocycles. The summed E-state index contributed by atoms with van der Waals surface area (Å²) in [6.07, 6.45) is 4.05. The Balaban J connectivity index is 2.71. The van der Waals surface area contributed by atoms with Gasteiger partial charge in [-0.2, -0.15) is 5.26 Å². The maximum atomic E-state index is 10.00. The molecule has 96 valence electrons. The number of nitriles is 1. The first-order valence-electron chi connectivity index (χ1n) is 6.32. The van der Waals surface area contributed by atoms with E-state index in [1.807, 2.05) is 44.2 Å². The first-order valence-corrected chi connectivity index (χ1v) is 6.32. The van der Waals surface area contributed by atoms with Gasteiger partial charge in [0.15, 0.2) is 0 Å². The highest BCUT2D eigenvalue weighted by Crippen LogP contribution is 2.25. The predicted octanol–water partition coefficient (Wildman–Crippen LogP) is 3.88. The number of benzene rings is 1. The first kappa shape index (κ1) is 14.5. The summed E-state index contributed by atoms with van der Waals surface area (Å²) in [6, 6.07) is 9.95. The molecule has 0 heterocycles. The number of unbranched alkanes of at least 4 members (excludes halogenated alkanes) is 1. The van der Waals surface area contributed by atoms with Crippen molar-refractivity contribution in [2.45, 2.75) is 44.6 Å². The third-order valence-corrected chi connectivity index (χ3v) is 3.18. The first-order chi connectivity index (χ1) is 8.51. The number of aliphatic hydroxyl groups excluding tert-OH is 1. The fourth-order valence-corrected chi connectivity index (χ4v) is 1.81. The third-order valence-electron chi connectivity index (χ3n) is 3.18. The molecular formula is C16H21NO. The SMILES string of the molecule is C=CCCCC(O)c1ccc(C(C)(C)C#N)cc1. The van der Waals surface area contributed by atoms with Crippen LogP contribution in [0.3, 0.4) is 0 Å². The van der Waals surface area contributed by atoms with E-state index in [1.165, 1.54) is 0 Å². The van der Waals surface area contributed by atoms with Crippen molar-refractivity contribution in [1.82, 2.24) is 0 Å². The van der Waals surface area contributed by atoms with Gasteiger partial charge in [0.25, 0.3) is 0 Å². The highest BCUT2D eigenvalue weighted by atomic mass is 16.3. The van der Waals surface area contributed by atoms with Gasteiger partial charge in [-0.15, -0.1) is 6.58 Å². The molecular weight excluding hydrogens is 222 g/mol. The number of aliphatic hydroxyl groups is 1. The lowest BCUT2D eigenvalue weighted by Gasteiger charge is -2.17. The predicted molar refractivity (Wildman–Crippen MR) is 74.1 cm³/mol. The highest BCUT2D eigenvalue weighted by Gasteiger charge is 2.19. The summed E-state index contributed by atoms with van der Waals surface area (Å²) in [5, 5.41) is 19.1. The van der Waals surface area contributed by atoms with Gasteiger partial charge in [-0.25, -0.2) is 0 Å². The standard InChI is InChI=1S/C16H21NO/c1-4-5-6-7-15(18)13-8-10-14(11-9-13)16(2,3)12-17/h4,8-11,15,18H,1,5-7H2,2-3H3. The van der Waals surface area contributed by atoms with Crippen molar-refractivity contribution in [2.24, 2.45) is 0 Å². The minimum absolute atomic E-state index is 0.427. The lowest BCUT2D eigenvalue weighted by atomic mass is 9.85.